The zero-order valence-corrected chi connectivity index (χ0v) is 17.6. The molecule has 2 aliphatic rings. The molecule has 4 rings (SSSR count). The van der Waals surface area contributed by atoms with Gasteiger partial charge in [-0.15, -0.1) is 5.92 Å². The van der Waals surface area contributed by atoms with E-state index in [9.17, 15) is 4.79 Å². The van der Waals surface area contributed by atoms with Gasteiger partial charge in [0.2, 0.25) is 0 Å². The van der Waals surface area contributed by atoms with Crippen LogP contribution in [0.25, 0.3) is 11.0 Å². The fraction of sp³-hybridized carbons (Fsp3) is 0.545. The number of primary amides is 1. The Bertz CT molecular complexity index is 955. The Labute approximate surface area is 172 Å². The highest BCUT2D eigenvalue weighted by atomic mass is 16.2. The molecule has 7 nitrogen and oxygen atoms in total. The number of anilines is 1. The Hall–Kier alpha value is -2.56. The number of fused-ring (bicyclic) bond motifs is 1. The zero-order chi connectivity index (χ0) is 20.5. The fourth-order valence-corrected chi connectivity index (χ4v) is 4.16. The maximum absolute atomic E-state index is 12.1. The Balaban J connectivity index is 1.57. The quantitative estimate of drug-likeness (QED) is 0.801. The zero-order valence-electron chi connectivity index (χ0n) is 17.6. The molecule has 1 aromatic heterocycles. The highest BCUT2D eigenvalue weighted by molar-refractivity contribution is 5.96. The van der Waals surface area contributed by atoms with Crippen LogP contribution in [0, 0.1) is 17.8 Å². The van der Waals surface area contributed by atoms with Crippen molar-refractivity contribution in [2.24, 2.45) is 11.7 Å². The second kappa shape index (κ2) is 8.05. The van der Waals surface area contributed by atoms with Gasteiger partial charge in [-0.2, -0.15) is 0 Å². The highest BCUT2D eigenvalue weighted by Gasteiger charge is 2.34. The van der Waals surface area contributed by atoms with Gasteiger partial charge in [-0.05, 0) is 19.2 Å². The summed E-state index contributed by atoms with van der Waals surface area (Å²) in [5, 5.41) is 0. The molecule has 1 amide bonds. The van der Waals surface area contributed by atoms with Gasteiger partial charge in [0.05, 0.1) is 17.6 Å². The van der Waals surface area contributed by atoms with Crippen LogP contribution in [-0.4, -0.2) is 77.7 Å². The number of para-hydroxylation sites is 1. The van der Waals surface area contributed by atoms with Gasteiger partial charge in [-0.3, -0.25) is 4.90 Å². The summed E-state index contributed by atoms with van der Waals surface area (Å²) in [6, 6.07) is 6.06. The van der Waals surface area contributed by atoms with Crippen molar-refractivity contribution < 1.29 is 4.79 Å². The van der Waals surface area contributed by atoms with E-state index < -0.39 is 6.03 Å². The first kappa shape index (κ1) is 19.7. The van der Waals surface area contributed by atoms with Crippen molar-refractivity contribution in [3.8, 4) is 11.8 Å². The van der Waals surface area contributed by atoms with Gasteiger partial charge in [-0.25, -0.2) is 14.3 Å². The first-order valence-electron chi connectivity index (χ1n) is 10.4. The fourth-order valence-electron chi connectivity index (χ4n) is 4.16. The number of imidazole rings is 1. The van der Waals surface area contributed by atoms with Gasteiger partial charge in [-0.1, -0.05) is 25.8 Å². The molecule has 0 radical (unpaired) electrons. The van der Waals surface area contributed by atoms with Crippen LogP contribution in [0.4, 0.5) is 10.5 Å². The van der Waals surface area contributed by atoms with Crippen LogP contribution in [0.15, 0.2) is 18.2 Å². The number of piperazine rings is 1. The number of carbonyl (C=O) groups is 1. The predicted octanol–water partition coefficient (Wildman–Crippen LogP) is 1.60. The van der Waals surface area contributed by atoms with Crippen LogP contribution in [0.3, 0.4) is 0 Å². The van der Waals surface area contributed by atoms with Crippen LogP contribution >= 0.6 is 0 Å². The molecule has 0 bridgehead atoms. The van der Waals surface area contributed by atoms with Gasteiger partial charge in [0.1, 0.15) is 11.3 Å². The summed E-state index contributed by atoms with van der Waals surface area (Å²) in [5.74, 6) is 7.15. The number of nitrogens with two attached hydrogens (primary N) is 1. The van der Waals surface area contributed by atoms with Crippen LogP contribution in [0.2, 0.25) is 0 Å². The average molecular weight is 395 g/mol. The van der Waals surface area contributed by atoms with Gasteiger partial charge in [0.15, 0.2) is 0 Å². The number of rotatable bonds is 3. The Morgan fingerprint density at radius 3 is 2.62 bits per heavy atom. The van der Waals surface area contributed by atoms with Crippen molar-refractivity contribution in [1.29, 1.82) is 0 Å². The van der Waals surface area contributed by atoms with E-state index in [1.54, 1.807) is 0 Å². The molecule has 0 atom stereocenters. The number of likely N-dealkylation sites (N-methyl/N-ethyl adjacent to an activating group) is 1. The van der Waals surface area contributed by atoms with E-state index in [-0.39, 0.29) is 5.92 Å². The lowest BCUT2D eigenvalue weighted by Gasteiger charge is -2.48. The molecular weight excluding hydrogens is 364 g/mol. The molecule has 2 aromatic rings. The predicted molar refractivity (Wildman–Crippen MR) is 116 cm³/mol. The van der Waals surface area contributed by atoms with Crippen molar-refractivity contribution in [3.05, 3.63) is 24.0 Å². The van der Waals surface area contributed by atoms with Crippen LogP contribution in [0.1, 0.15) is 19.7 Å². The standard InChI is InChI=1S/C22H30N6O/c1-16(2)6-4-9-20-24-21-18(7-5-8-19(21)28(20)22(23)29)27-14-17(15-27)26-12-10-25(3)11-13-26/h5,7-8,16-17H,9-15H2,1-3H3,(H2,23,29). The first-order valence-corrected chi connectivity index (χ1v) is 10.4. The van der Waals surface area contributed by atoms with Crippen molar-refractivity contribution in [1.82, 2.24) is 19.4 Å². The lowest BCUT2D eigenvalue weighted by molar-refractivity contribution is 0.0964. The summed E-state index contributed by atoms with van der Waals surface area (Å²) < 4.78 is 1.51. The van der Waals surface area contributed by atoms with E-state index in [4.69, 9.17) is 10.7 Å². The second-order valence-corrected chi connectivity index (χ2v) is 8.40. The lowest BCUT2D eigenvalue weighted by Crippen LogP contribution is -2.63. The van der Waals surface area contributed by atoms with Crippen LogP contribution in [0.5, 0.6) is 0 Å². The summed E-state index contributed by atoms with van der Waals surface area (Å²) in [4.78, 5) is 24.2. The highest BCUT2D eigenvalue weighted by Crippen LogP contribution is 2.31. The minimum Gasteiger partial charge on any atom is -0.366 e. The third-order valence-electron chi connectivity index (χ3n) is 5.85. The maximum Gasteiger partial charge on any atom is 0.324 e. The number of hydrogen-bond donors (Lipinski definition) is 1. The average Bonchev–Trinajstić information content (AvgIpc) is 3.01. The topological polar surface area (TPSA) is 70.6 Å². The molecule has 3 heterocycles. The van der Waals surface area contributed by atoms with E-state index in [0.29, 0.717) is 18.3 Å². The minimum absolute atomic E-state index is 0.282. The van der Waals surface area contributed by atoms with Crippen molar-refractivity contribution >= 4 is 22.8 Å². The van der Waals surface area contributed by atoms with Crippen LogP contribution < -0.4 is 10.6 Å². The SMILES string of the molecule is CC(C)C#CCc1nc2c(N3CC(N4CCN(C)CC4)C3)cccc2n1C(N)=O. The molecule has 2 aliphatic heterocycles. The molecule has 7 heteroatoms. The largest absolute Gasteiger partial charge is 0.366 e. The summed E-state index contributed by atoms with van der Waals surface area (Å²) in [6.45, 7) is 10.6. The summed E-state index contributed by atoms with van der Waals surface area (Å²) >= 11 is 0. The normalized spacial score (nSPS) is 18.7. The Morgan fingerprint density at radius 1 is 1.24 bits per heavy atom. The minimum atomic E-state index is -0.509. The molecule has 2 fully saturated rings. The molecule has 0 aliphatic carbocycles. The van der Waals surface area contributed by atoms with Gasteiger partial charge in [0.25, 0.3) is 0 Å². The number of aromatic nitrogens is 2. The van der Waals surface area contributed by atoms with Crippen molar-refractivity contribution in [2.45, 2.75) is 26.3 Å². The Kier molecular flexibility index (Phi) is 5.48. The molecule has 154 valence electrons. The summed E-state index contributed by atoms with van der Waals surface area (Å²) in [7, 11) is 2.18. The molecule has 1 aromatic carbocycles. The molecule has 2 N–H and O–H groups in total. The number of amides is 1. The lowest BCUT2D eigenvalue weighted by atomic mass is 10.0. The smallest absolute Gasteiger partial charge is 0.324 e. The van der Waals surface area contributed by atoms with E-state index in [1.165, 1.54) is 4.57 Å². The second-order valence-electron chi connectivity index (χ2n) is 8.40. The molecule has 2 saturated heterocycles. The summed E-state index contributed by atoms with van der Waals surface area (Å²) in [5.41, 5.74) is 8.35. The monoisotopic (exact) mass is 394 g/mol. The van der Waals surface area contributed by atoms with E-state index in [1.807, 2.05) is 26.0 Å². The molecule has 0 saturated carbocycles. The van der Waals surface area contributed by atoms with E-state index in [2.05, 4.69) is 39.7 Å². The van der Waals surface area contributed by atoms with Gasteiger partial charge in [0, 0.05) is 51.2 Å². The van der Waals surface area contributed by atoms with E-state index >= 15 is 0 Å². The van der Waals surface area contributed by atoms with Gasteiger partial charge < -0.3 is 15.5 Å². The van der Waals surface area contributed by atoms with Crippen molar-refractivity contribution in [2.75, 3.05) is 51.2 Å². The number of benzene rings is 1. The molecular formula is C22H30N6O. The summed E-state index contributed by atoms with van der Waals surface area (Å²) in [6.07, 6.45) is 0.416. The third-order valence-corrected chi connectivity index (χ3v) is 5.85. The van der Waals surface area contributed by atoms with Gasteiger partial charge >= 0.3 is 6.03 Å². The Morgan fingerprint density at radius 2 is 1.97 bits per heavy atom. The third kappa shape index (κ3) is 3.96. The van der Waals surface area contributed by atoms with Crippen LogP contribution in [-0.2, 0) is 6.42 Å². The molecule has 0 unspecified atom stereocenters. The molecule has 29 heavy (non-hydrogen) atoms. The van der Waals surface area contributed by atoms with Crippen molar-refractivity contribution in [3.63, 3.8) is 0 Å². The number of hydrogen-bond acceptors (Lipinski definition) is 5. The van der Waals surface area contributed by atoms with E-state index in [0.717, 1.165) is 56.0 Å². The number of nitrogens with zero attached hydrogens (tertiary/aromatic N) is 5. The number of carbonyl (C=O) groups excluding carboxylic acids is 1. The molecule has 0 spiro atoms. The first-order chi connectivity index (χ1) is 13.9. The maximum atomic E-state index is 12.1.